The summed E-state index contributed by atoms with van der Waals surface area (Å²) in [6, 6.07) is 7.53. The molecule has 0 fully saturated rings. The van der Waals surface area contributed by atoms with Gasteiger partial charge >= 0.3 is 0 Å². The summed E-state index contributed by atoms with van der Waals surface area (Å²) in [6.07, 6.45) is 1.18. The van der Waals surface area contributed by atoms with Gasteiger partial charge in [0.25, 0.3) is 0 Å². The van der Waals surface area contributed by atoms with Gasteiger partial charge in [0, 0.05) is 4.90 Å². The Balaban J connectivity index is 2.59. The van der Waals surface area contributed by atoms with E-state index in [1.54, 1.807) is 17.8 Å². The molecule has 1 aromatic rings. The van der Waals surface area contributed by atoms with Crippen molar-refractivity contribution in [2.24, 2.45) is 5.92 Å². The fraction of sp³-hybridized carbons (Fsp3) is 0.417. The van der Waals surface area contributed by atoms with Gasteiger partial charge in [-0.3, -0.25) is 0 Å². The minimum absolute atomic E-state index is 0.619. The summed E-state index contributed by atoms with van der Waals surface area (Å²) in [6.45, 7) is 4.42. The number of halogens is 1. The minimum atomic E-state index is 0.619. The van der Waals surface area contributed by atoms with Crippen molar-refractivity contribution >= 4 is 23.4 Å². The van der Waals surface area contributed by atoms with Crippen molar-refractivity contribution in [1.82, 2.24) is 0 Å². The van der Waals surface area contributed by atoms with Crippen LogP contribution >= 0.6 is 23.4 Å². The molecule has 80 valence electrons. The number of hydrogen-bond acceptors (Lipinski definition) is 2. The van der Waals surface area contributed by atoms with E-state index in [0.29, 0.717) is 10.6 Å². The fourth-order valence-electron chi connectivity index (χ4n) is 1.09. The summed E-state index contributed by atoms with van der Waals surface area (Å²) < 4.78 is 0. The summed E-state index contributed by atoms with van der Waals surface area (Å²) in [5, 5.41) is 9.37. The van der Waals surface area contributed by atoms with Gasteiger partial charge in [0.15, 0.2) is 0 Å². The van der Waals surface area contributed by atoms with Crippen LogP contribution in [0, 0.1) is 17.2 Å². The van der Waals surface area contributed by atoms with Gasteiger partial charge in [0.1, 0.15) is 0 Å². The molecule has 0 heterocycles. The van der Waals surface area contributed by atoms with E-state index in [9.17, 15) is 0 Å². The van der Waals surface area contributed by atoms with Crippen LogP contribution in [0.5, 0.6) is 0 Å². The van der Waals surface area contributed by atoms with Crippen molar-refractivity contribution in [2.75, 3.05) is 5.75 Å². The van der Waals surface area contributed by atoms with Crippen molar-refractivity contribution in [3.05, 3.63) is 28.8 Å². The van der Waals surface area contributed by atoms with Crippen molar-refractivity contribution in [1.29, 1.82) is 5.26 Å². The maximum atomic E-state index is 8.69. The lowest BCUT2D eigenvalue weighted by atomic mass is 10.2. The lowest BCUT2D eigenvalue weighted by Crippen LogP contribution is -1.89. The first kappa shape index (κ1) is 12.4. The van der Waals surface area contributed by atoms with Gasteiger partial charge in [0.05, 0.1) is 16.7 Å². The first-order valence-electron chi connectivity index (χ1n) is 4.96. The zero-order valence-corrected chi connectivity index (χ0v) is 10.5. The molecule has 3 heteroatoms. The largest absolute Gasteiger partial charge is 0.192 e. The third kappa shape index (κ3) is 4.15. The highest BCUT2D eigenvalue weighted by Gasteiger charge is 2.03. The number of benzene rings is 1. The average molecular weight is 240 g/mol. The molecule has 1 rings (SSSR count). The first-order valence-corrected chi connectivity index (χ1v) is 6.32. The van der Waals surface area contributed by atoms with Gasteiger partial charge in [-0.1, -0.05) is 25.4 Å². The highest BCUT2D eigenvalue weighted by Crippen LogP contribution is 2.28. The molecule has 0 atom stereocenters. The number of nitriles is 1. The lowest BCUT2D eigenvalue weighted by Gasteiger charge is -2.06. The summed E-state index contributed by atoms with van der Waals surface area (Å²) in [5.74, 6) is 1.79. The molecule has 1 nitrogen and oxygen atoms in total. The highest BCUT2D eigenvalue weighted by molar-refractivity contribution is 7.99. The molecular weight excluding hydrogens is 226 g/mol. The molecule has 15 heavy (non-hydrogen) atoms. The van der Waals surface area contributed by atoms with E-state index in [1.165, 1.54) is 6.42 Å². The second kappa shape index (κ2) is 6.05. The predicted octanol–water partition coefficient (Wildman–Crippen LogP) is 4.35. The SMILES string of the molecule is CC(C)CCSc1ccc(C#N)cc1Cl. The predicted molar refractivity (Wildman–Crippen MR) is 66.3 cm³/mol. The standard InChI is InChI=1S/C12H14ClNS/c1-9(2)5-6-15-12-4-3-10(8-14)7-11(12)13/h3-4,7,9H,5-6H2,1-2H3. The first-order chi connectivity index (χ1) is 7.13. The number of nitrogens with zero attached hydrogens (tertiary/aromatic N) is 1. The molecule has 0 unspecified atom stereocenters. The zero-order chi connectivity index (χ0) is 11.3. The van der Waals surface area contributed by atoms with Gasteiger partial charge < -0.3 is 0 Å². The van der Waals surface area contributed by atoms with E-state index in [1.807, 2.05) is 12.1 Å². The second-order valence-corrected chi connectivity index (χ2v) is 5.33. The Morgan fingerprint density at radius 3 is 2.73 bits per heavy atom. The Labute approximate surface area is 100 Å². The minimum Gasteiger partial charge on any atom is -0.192 e. The molecule has 0 aliphatic rings. The summed E-state index contributed by atoms with van der Waals surface area (Å²) in [4.78, 5) is 1.07. The Morgan fingerprint density at radius 2 is 2.20 bits per heavy atom. The molecule has 0 amide bonds. The Kier molecular flexibility index (Phi) is 5.01. The third-order valence-corrected chi connectivity index (χ3v) is 3.55. The molecule has 0 radical (unpaired) electrons. The van der Waals surface area contributed by atoms with E-state index in [0.717, 1.165) is 16.6 Å². The summed E-state index contributed by atoms with van der Waals surface area (Å²) >= 11 is 7.80. The van der Waals surface area contributed by atoms with Crippen LogP contribution in [0.15, 0.2) is 23.1 Å². The van der Waals surface area contributed by atoms with Crippen LogP contribution in [0.4, 0.5) is 0 Å². The Hall–Kier alpha value is -0.650. The number of hydrogen-bond donors (Lipinski definition) is 0. The van der Waals surface area contributed by atoms with E-state index < -0.39 is 0 Å². The lowest BCUT2D eigenvalue weighted by molar-refractivity contribution is 0.632. The monoisotopic (exact) mass is 239 g/mol. The van der Waals surface area contributed by atoms with Crippen LogP contribution < -0.4 is 0 Å². The van der Waals surface area contributed by atoms with E-state index in [4.69, 9.17) is 16.9 Å². The van der Waals surface area contributed by atoms with Crippen molar-refractivity contribution < 1.29 is 0 Å². The van der Waals surface area contributed by atoms with Crippen molar-refractivity contribution in [2.45, 2.75) is 25.2 Å². The fourth-order valence-corrected chi connectivity index (χ4v) is 2.61. The van der Waals surface area contributed by atoms with E-state index in [2.05, 4.69) is 19.9 Å². The van der Waals surface area contributed by atoms with Crippen LogP contribution in [-0.2, 0) is 0 Å². The van der Waals surface area contributed by atoms with Gasteiger partial charge in [-0.25, -0.2) is 0 Å². The highest BCUT2D eigenvalue weighted by atomic mass is 35.5. The molecule has 0 saturated heterocycles. The van der Waals surface area contributed by atoms with Crippen molar-refractivity contribution in [3.63, 3.8) is 0 Å². The summed E-state index contributed by atoms with van der Waals surface area (Å²) in [5.41, 5.74) is 0.619. The molecule has 0 saturated carbocycles. The molecule has 0 aliphatic heterocycles. The van der Waals surface area contributed by atoms with Gasteiger partial charge in [-0.2, -0.15) is 5.26 Å². The maximum Gasteiger partial charge on any atom is 0.0992 e. The Morgan fingerprint density at radius 1 is 1.47 bits per heavy atom. The van der Waals surface area contributed by atoms with Crippen LogP contribution in [-0.4, -0.2) is 5.75 Å². The normalized spacial score (nSPS) is 10.3. The van der Waals surface area contributed by atoms with Crippen LogP contribution in [0.3, 0.4) is 0 Å². The molecule has 0 bridgehead atoms. The molecule has 0 spiro atoms. The molecule has 0 N–H and O–H groups in total. The van der Waals surface area contributed by atoms with Crippen LogP contribution in [0.2, 0.25) is 5.02 Å². The quantitative estimate of drug-likeness (QED) is 0.730. The van der Waals surface area contributed by atoms with Gasteiger partial charge in [0.2, 0.25) is 0 Å². The Bertz CT molecular complexity index is 368. The zero-order valence-electron chi connectivity index (χ0n) is 8.96. The van der Waals surface area contributed by atoms with Gasteiger partial charge in [-0.05, 0) is 36.3 Å². The average Bonchev–Trinajstić information content (AvgIpc) is 2.20. The summed E-state index contributed by atoms with van der Waals surface area (Å²) in [7, 11) is 0. The van der Waals surface area contributed by atoms with E-state index in [-0.39, 0.29) is 0 Å². The van der Waals surface area contributed by atoms with Gasteiger partial charge in [-0.15, -0.1) is 11.8 Å². The van der Waals surface area contributed by atoms with E-state index >= 15 is 0 Å². The van der Waals surface area contributed by atoms with Crippen LogP contribution in [0.1, 0.15) is 25.8 Å². The topological polar surface area (TPSA) is 23.8 Å². The number of thioether (sulfide) groups is 1. The van der Waals surface area contributed by atoms with Crippen molar-refractivity contribution in [3.8, 4) is 6.07 Å². The third-order valence-electron chi connectivity index (χ3n) is 2.01. The maximum absolute atomic E-state index is 8.69. The molecular formula is C12H14ClNS. The smallest absolute Gasteiger partial charge is 0.0992 e. The van der Waals surface area contributed by atoms with Crippen LogP contribution in [0.25, 0.3) is 0 Å². The molecule has 0 aliphatic carbocycles. The number of rotatable bonds is 4. The second-order valence-electron chi connectivity index (χ2n) is 3.79. The molecule has 0 aromatic heterocycles. The molecule has 1 aromatic carbocycles.